The summed E-state index contributed by atoms with van der Waals surface area (Å²) in [5, 5.41) is 3.69. The fourth-order valence-corrected chi connectivity index (χ4v) is 2.58. The zero-order valence-electron chi connectivity index (χ0n) is 9.98. The number of benzene rings is 1. The number of rotatable bonds is 4. The number of hydrogen-bond donors (Lipinski definition) is 2. The Labute approximate surface area is 116 Å². The van der Waals surface area contributed by atoms with E-state index in [2.05, 4.69) is 10.3 Å². The predicted octanol–water partition coefficient (Wildman–Crippen LogP) is 3.65. The van der Waals surface area contributed by atoms with Crippen molar-refractivity contribution in [2.75, 3.05) is 18.1 Å². The lowest BCUT2D eigenvalue weighted by molar-refractivity contribution is 1.24. The number of thioether (sulfide) groups is 1. The zero-order chi connectivity index (χ0) is 13.0. The van der Waals surface area contributed by atoms with Gasteiger partial charge in [0.2, 0.25) is 0 Å². The minimum absolute atomic E-state index is 0.665. The van der Waals surface area contributed by atoms with Gasteiger partial charge in [-0.15, -0.1) is 11.8 Å². The third-order valence-corrected chi connectivity index (χ3v) is 3.84. The van der Waals surface area contributed by atoms with Crippen molar-refractivity contribution in [2.45, 2.75) is 10.6 Å². The second kappa shape index (κ2) is 5.98. The van der Waals surface area contributed by atoms with Gasteiger partial charge in [0.25, 0.3) is 0 Å². The number of nitrogen functional groups attached to an aromatic ring is 1. The third kappa shape index (κ3) is 3.31. The maximum atomic E-state index is 5.91. The molecule has 0 aliphatic heterocycles. The molecule has 0 saturated heterocycles. The number of pyridine rings is 1. The topological polar surface area (TPSA) is 50.9 Å². The molecule has 1 heterocycles. The SMILES string of the molecule is CNc1cc(CSc2ccc(Cl)cc2N)ccn1. The first-order chi connectivity index (χ1) is 8.69. The Hall–Kier alpha value is -1.39. The van der Waals surface area contributed by atoms with E-state index in [0.29, 0.717) is 5.02 Å². The monoisotopic (exact) mass is 279 g/mol. The van der Waals surface area contributed by atoms with Crippen LogP contribution in [0.2, 0.25) is 5.02 Å². The third-order valence-electron chi connectivity index (χ3n) is 2.45. The van der Waals surface area contributed by atoms with Gasteiger partial charge in [-0.3, -0.25) is 0 Å². The summed E-state index contributed by atoms with van der Waals surface area (Å²) in [4.78, 5) is 5.22. The summed E-state index contributed by atoms with van der Waals surface area (Å²) >= 11 is 7.56. The van der Waals surface area contributed by atoms with Gasteiger partial charge in [0, 0.05) is 34.6 Å². The lowest BCUT2D eigenvalue weighted by Gasteiger charge is -2.07. The van der Waals surface area contributed by atoms with E-state index in [1.807, 2.05) is 31.3 Å². The second-order valence-corrected chi connectivity index (χ2v) is 5.22. The van der Waals surface area contributed by atoms with Crippen LogP contribution in [0.25, 0.3) is 0 Å². The Morgan fingerprint density at radius 2 is 2.17 bits per heavy atom. The number of nitrogens with zero attached hydrogens (tertiary/aromatic N) is 1. The van der Waals surface area contributed by atoms with E-state index in [4.69, 9.17) is 17.3 Å². The van der Waals surface area contributed by atoms with Gasteiger partial charge < -0.3 is 11.1 Å². The minimum Gasteiger partial charge on any atom is -0.398 e. The summed E-state index contributed by atoms with van der Waals surface area (Å²) < 4.78 is 0. The van der Waals surface area contributed by atoms with Crippen molar-refractivity contribution in [1.29, 1.82) is 0 Å². The molecular weight excluding hydrogens is 266 g/mol. The predicted molar refractivity (Wildman–Crippen MR) is 79.2 cm³/mol. The molecule has 0 bridgehead atoms. The van der Waals surface area contributed by atoms with Gasteiger partial charge in [0.1, 0.15) is 5.82 Å². The van der Waals surface area contributed by atoms with Gasteiger partial charge in [-0.1, -0.05) is 11.6 Å². The van der Waals surface area contributed by atoms with Gasteiger partial charge in [0.15, 0.2) is 0 Å². The summed E-state index contributed by atoms with van der Waals surface area (Å²) in [5.41, 5.74) is 7.83. The molecule has 18 heavy (non-hydrogen) atoms. The molecule has 2 rings (SSSR count). The van der Waals surface area contributed by atoms with E-state index in [-0.39, 0.29) is 0 Å². The van der Waals surface area contributed by atoms with Gasteiger partial charge in [-0.25, -0.2) is 4.98 Å². The van der Waals surface area contributed by atoms with E-state index >= 15 is 0 Å². The Morgan fingerprint density at radius 3 is 2.89 bits per heavy atom. The number of nitrogens with one attached hydrogen (secondary N) is 1. The van der Waals surface area contributed by atoms with Crippen LogP contribution in [-0.4, -0.2) is 12.0 Å². The summed E-state index contributed by atoms with van der Waals surface area (Å²) in [6.07, 6.45) is 1.80. The molecule has 1 aromatic heterocycles. The fraction of sp³-hybridized carbons (Fsp3) is 0.154. The van der Waals surface area contributed by atoms with Crippen LogP contribution in [0.15, 0.2) is 41.4 Å². The highest BCUT2D eigenvalue weighted by atomic mass is 35.5. The van der Waals surface area contributed by atoms with Crippen molar-refractivity contribution in [3.8, 4) is 0 Å². The average Bonchev–Trinajstić information content (AvgIpc) is 2.38. The van der Waals surface area contributed by atoms with Crippen LogP contribution in [-0.2, 0) is 5.75 Å². The van der Waals surface area contributed by atoms with Crippen LogP contribution in [0.3, 0.4) is 0 Å². The van der Waals surface area contributed by atoms with Crippen LogP contribution in [0.5, 0.6) is 0 Å². The first-order valence-electron chi connectivity index (χ1n) is 5.49. The molecule has 0 fully saturated rings. The van der Waals surface area contributed by atoms with Gasteiger partial charge in [0.05, 0.1) is 0 Å². The molecule has 0 aliphatic carbocycles. The standard InChI is InChI=1S/C13H14ClN3S/c1-16-13-6-9(4-5-17-13)8-18-12-3-2-10(14)7-11(12)15/h2-7H,8,15H2,1H3,(H,16,17). The Kier molecular flexibility index (Phi) is 4.33. The van der Waals surface area contributed by atoms with Gasteiger partial charge >= 0.3 is 0 Å². The van der Waals surface area contributed by atoms with Crippen molar-refractivity contribution in [1.82, 2.24) is 4.98 Å². The minimum atomic E-state index is 0.665. The van der Waals surface area contributed by atoms with Crippen LogP contribution in [0.1, 0.15) is 5.56 Å². The molecule has 94 valence electrons. The smallest absolute Gasteiger partial charge is 0.125 e. The zero-order valence-corrected chi connectivity index (χ0v) is 11.6. The Balaban J connectivity index is 2.06. The lowest BCUT2D eigenvalue weighted by Crippen LogP contribution is -1.93. The average molecular weight is 280 g/mol. The molecule has 2 aromatic rings. The summed E-state index contributed by atoms with van der Waals surface area (Å²) in [7, 11) is 1.86. The number of hydrogen-bond acceptors (Lipinski definition) is 4. The molecule has 5 heteroatoms. The normalized spacial score (nSPS) is 10.3. The molecule has 0 unspecified atom stereocenters. The molecule has 0 radical (unpaired) electrons. The number of aromatic nitrogens is 1. The molecule has 0 spiro atoms. The van der Waals surface area contributed by atoms with Crippen molar-refractivity contribution in [2.24, 2.45) is 0 Å². The van der Waals surface area contributed by atoms with E-state index in [1.54, 1.807) is 24.0 Å². The highest BCUT2D eigenvalue weighted by Crippen LogP contribution is 2.30. The first-order valence-corrected chi connectivity index (χ1v) is 6.86. The lowest BCUT2D eigenvalue weighted by atomic mass is 10.3. The number of anilines is 2. The van der Waals surface area contributed by atoms with Crippen LogP contribution in [0, 0.1) is 0 Å². The highest BCUT2D eigenvalue weighted by molar-refractivity contribution is 7.98. The Morgan fingerprint density at radius 1 is 1.33 bits per heavy atom. The van der Waals surface area contributed by atoms with Gasteiger partial charge in [-0.2, -0.15) is 0 Å². The summed E-state index contributed by atoms with van der Waals surface area (Å²) in [6.45, 7) is 0. The van der Waals surface area contributed by atoms with Crippen LogP contribution >= 0.6 is 23.4 Å². The molecule has 0 aliphatic rings. The summed E-state index contributed by atoms with van der Waals surface area (Å²) in [5.74, 6) is 1.72. The molecule has 0 atom stereocenters. The van der Waals surface area contributed by atoms with Crippen molar-refractivity contribution in [3.63, 3.8) is 0 Å². The summed E-state index contributed by atoms with van der Waals surface area (Å²) in [6, 6.07) is 9.60. The van der Waals surface area contributed by atoms with Crippen molar-refractivity contribution >= 4 is 34.9 Å². The van der Waals surface area contributed by atoms with E-state index < -0.39 is 0 Å². The van der Waals surface area contributed by atoms with E-state index in [9.17, 15) is 0 Å². The van der Waals surface area contributed by atoms with Crippen molar-refractivity contribution in [3.05, 3.63) is 47.1 Å². The Bertz CT molecular complexity index is 546. The van der Waals surface area contributed by atoms with Crippen molar-refractivity contribution < 1.29 is 0 Å². The molecular formula is C13H14ClN3S. The second-order valence-electron chi connectivity index (χ2n) is 3.77. The van der Waals surface area contributed by atoms with Crippen LogP contribution < -0.4 is 11.1 Å². The molecule has 0 amide bonds. The quantitative estimate of drug-likeness (QED) is 0.662. The molecule has 1 aromatic carbocycles. The first kappa shape index (κ1) is 13.1. The fourth-order valence-electron chi connectivity index (χ4n) is 1.51. The highest BCUT2D eigenvalue weighted by Gasteiger charge is 2.02. The molecule has 3 nitrogen and oxygen atoms in total. The van der Waals surface area contributed by atoms with E-state index in [1.165, 1.54) is 5.56 Å². The van der Waals surface area contributed by atoms with Crippen LogP contribution in [0.4, 0.5) is 11.5 Å². The number of nitrogens with two attached hydrogens (primary N) is 1. The van der Waals surface area contributed by atoms with E-state index in [0.717, 1.165) is 22.2 Å². The maximum absolute atomic E-state index is 5.91. The number of halogens is 1. The largest absolute Gasteiger partial charge is 0.398 e. The molecule has 3 N–H and O–H groups in total. The van der Waals surface area contributed by atoms with Gasteiger partial charge in [-0.05, 0) is 35.9 Å². The maximum Gasteiger partial charge on any atom is 0.125 e. The molecule has 0 saturated carbocycles.